The molecule has 0 spiro atoms. The Bertz CT molecular complexity index is 1010. The Morgan fingerprint density at radius 3 is 2.32 bits per heavy atom. The highest BCUT2D eigenvalue weighted by molar-refractivity contribution is 8.00. The van der Waals surface area contributed by atoms with Gasteiger partial charge in [0.2, 0.25) is 5.91 Å². The van der Waals surface area contributed by atoms with Gasteiger partial charge < -0.3 is 10.1 Å². The molecule has 1 atom stereocenters. The van der Waals surface area contributed by atoms with Crippen LogP contribution in [0.3, 0.4) is 0 Å². The second-order valence-corrected chi connectivity index (χ2v) is 8.44. The van der Waals surface area contributed by atoms with Crippen molar-refractivity contribution in [3.05, 3.63) is 106 Å². The first-order chi connectivity index (χ1) is 15.0. The van der Waals surface area contributed by atoms with Crippen molar-refractivity contribution in [2.24, 2.45) is 0 Å². The minimum Gasteiger partial charge on any atom is -0.372 e. The van der Waals surface area contributed by atoms with E-state index in [9.17, 15) is 14.9 Å². The van der Waals surface area contributed by atoms with E-state index in [1.54, 1.807) is 12.1 Å². The van der Waals surface area contributed by atoms with E-state index in [0.29, 0.717) is 19.8 Å². The molecule has 160 valence electrons. The zero-order valence-corrected chi connectivity index (χ0v) is 18.0. The Balaban J connectivity index is 1.45. The minimum atomic E-state index is -0.439. The van der Waals surface area contributed by atoms with Crippen LogP contribution in [0, 0.1) is 10.1 Å². The summed E-state index contributed by atoms with van der Waals surface area (Å²) in [5.74, 6) is -0.0888. The molecule has 0 heterocycles. The Morgan fingerprint density at radius 1 is 0.968 bits per heavy atom. The predicted octanol–water partition coefficient (Wildman–Crippen LogP) is 5.11. The third kappa shape index (κ3) is 7.24. The molecular weight excluding hydrogens is 412 g/mol. The van der Waals surface area contributed by atoms with E-state index < -0.39 is 4.92 Å². The van der Waals surface area contributed by atoms with Crippen LogP contribution in [-0.4, -0.2) is 16.1 Å². The summed E-state index contributed by atoms with van der Waals surface area (Å²) in [6.45, 7) is 3.30. The lowest BCUT2D eigenvalue weighted by Gasteiger charge is -2.13. The molecule has 0 bridgehead atoms. The van der Waals surface area contributed by atoms with Gasteiger partial charge in [-0.1, -0.05) is 54.6 Å². The number of carbonyl (C=O) groups is 1. The van der Waals surface area contributed by atoms with Crippen molar-refractivity contribution >= 4 is 23.4 Å². The molecule has 3 aromatic carbocycles. The number of amides is 1. The van der Waals surface area contributed by atoms with Crippen LogP contribution in [0.1, 0.15) is 23.6 Å². The summed E-state index contributed by atoms with van der Waals surface area (Å²) in [6.07, 6.45) is 0. The van der Waals surface area contributed by atoms with Crippen molar-refractivity contribution in [2.45, 2.75) is 36.8 Å². The van der Waals surface area contributed by atoms with Gasteiger partial charge in [-0.15, -0.1) is 11.8 Å². The summed E-state index contributed by atoms with van der Waals surface area (Å²) in [4.78, 5) is 23.6. The molecule has 0 aromatic heterocycles. The number of ether oxygens (including phenoxy) is 1. The van der Waals surface area contributed by atoms with Gasteiger partial charge in [0.25, 0.3) is 5.69 Å². The average molecular weight is 437 g/mol. The molecule has 1 N–H and O–H groups in total. The van der Waals surface area contributed by atoms with Crippen molar-refractivity contribution in [3.8, 4) is 0 Å². The molecule has 31 heavy (non-hydrogen) atoms. The van der Waals surface area contributed by atoms with Gasteiger partial charge in [0.15, 0.2) is 0 Å². The van der Waals surface area contributed by atoms with Crippen molar-refractivity contribution in [1.82, 2.24) is 5.32 Å². The second kappa shape index (κ2) is 11.3. The van der Waals surface area contributed by atoms with Crippen LogP contribution < -0.4 is 5.32 Å². The van der Waals surface area contributed by atoms with E-state index in [-0.39, 0.29) is 16.8 Å². The largest absolute Gasteiger partial charge is 0.372 e. The number of nitro benzene ring substituents is 1. The Hall–Kier alpha value is -3.16. The zero-order valence-electron chi connectivity index (χ0n) is 17.2. The summed E-state index contributed by atoms with van der Waals surface area (Å²) in [5, 5.41) is 13.4. The van der Waals surface area contributed by atoms with Crippen LogP contribution in [0.15, 0.2) is 83.8 Å². The maximum atomic E-state index is 12.4. The highest BCUT2D eigenvalue weighted by Gasteiger charge is 2.15. The van der Waals surface area contributed by atoms with Crippen molar-refractivity contribution in [3.63, 3.8) is 0 Å². The molecule has 1 amide bonds. The van der Waals surface area contributed by atoms with Crippen molar-refractivity contribution in [2.75, 3.05) is 0 Å². The topological polar surface area (TPSA) is 81.5 Å². The second-order valence-electron chi connectivity index (χ2n) is 7.03. The number of benzene rings is 3. The van der Waals surface area contributed by atoms with E-state index in [4.69, 9.17) is 4.74 Å². The van der Waals surface area contributed by atoms with E-state index in [2.05, 4.69) is 5.32 Å². The molecular formula is C24H24N2O4S. The van der Waals surface area contributed by atoms with Gasteiger partial charge in [0.1, 0.15) is 0 Å². The van der Waals surface area contributed by atoms with Crippen LogP contribution in [0.25, 0.3) is 0 Å². The first-order valence-corrected chi connectivity index (χ1v) is 10.8. The number of rotatable bonds is 10. The monoisotopic (exact) mass is 436 g/mol. The molecule has 0 aliphatic rings. The highest BCUT2D eigenvalue weighted by Crippen LogP contribution is 2.25. The standard InChI is InChI=1S/C24H24N2O4S/c1-18(31-23-12-10-22(11-13-23)26(28)29)24(27)25-15-20-8-5-9-21(14-20)17-30-16-19-6-3-2-4-7-19/h2-14,18H,15-17H2,1H3,(H,25,27). The van der Waals surface area contributed by atoms with Gasteiger partial charge in [-0.25, -0.2) is 0 Å². The third-order valence-electron chi connectivity index (χ3n) is 4.57. The Morgan fingerprint density at radius 2 is 1.61 bits per heavy atom. The molecule has 3 rings (SSSR count). The lowest BCUT2D eigenvalue weighted by molar-refractivity contribution is -0.384. The molecule has 0 aliphatic heterocycles. The lowest BCUT2D eigenvalue weighted by Crippen LogP contribution is -2.30. The van der Waals surface area contributed by atoms with E-state index in [0.717, 1.165) is 21.6 Å². The Labute approximate surface area is 185 Å². The molecule has 7 heteroatoms. The van der Waals surface area contributed by atoms with Crippen LogP contribution in [-0.2, 0) is 29.3 Å². The van der Waals surface area contributed by atoms with Gasteiger partial charge >= 0.3 is 0 Å². The number of hydrogen-bond acceptors (Lipinski definition) is 5. The molecule has 6 nitrogen and oxygen atoms in total. The van der Waals surface area contributed by atoms with Crippen LogP contribution in [0.4, 0.5) is 5.69 Å². The maximum absolute atomic E-state index is 12.4. The molecule has 3 aromatic rings. The quantitative estimate of drug-likeness (QED) is 0.271. The van der Waals surface area contributed by atoms with E-state index in [1.165, 1.54) is 23.9 Å². The fraction of sp³-hybridized carbons (Fsp3) is 0.208. The molecule has 0 saturated carbocycles. The van der Waals surface area contributed by atoms with E-state index in [1.807, 2.05) is 61.5 Å². The maximum Gasteiger partial charge on any atom is 0.269 e. The number of non-ortho nitro benzene ring substituents is 1. The average Bonchev–Trinajstić information content (AvgIpc) is 2.79. The first kappa shape index (κ1) is 22.5. The van der Waals surface area contributed by atoms with Crippen LogP contribution in [0.5, 0.6) is 0 Å². The Kier molecular flexibility index (Phi) is 8.20. The smallest absolute Gasteiger partial charge is 0.269 e. The SMILES string of the molecule is CC(Sc1ccc([N+](=O)[O-])cc1)C(=O)NCc1cccc(COCc2ccccc2)c1. The number of hydrogen-bond donors (Lipinski definition) is 1. The summed E-state index contributed by atoms with van der Waals surface area (Å²) in [6, 6.07) is 24.2. The number of nitrogens with zero attached hydrogens (tertiary/aromatic N) is 1. The van der Waals surface area contributed by atoms with Gasteiger partial charge in [-0.2, -0.15) is 0 Å². The van der Waals surface area contributed by atoms with E-state index >= 15 is 0 Å². The minimum absolute atomic E-state index is 0.0362. The number of carbonyl (C=O) groups excluding carboxylic acids is 1. The first-order valence-electron chi connectivity index (χ1n) is 9.89. The normalized spacial score (nSPS) is 11.6. The summed E-state index contributed by atoms with van der Waals surface area (Å²) < 4.78 is 5.78. The lowest BCUT2D eigenvalue weighted by atomic mass is 10.1. The zero-order chi connectivity index (χ0) is 22.1. The number of nitrogens with one attached hydrogen (secondary N) is 1. The summed E-state index contributed by atoms with van der Waals surface area (Å²) in [7, 11) is 0. The fourth-order valence-electron chi connectivity index (χ4n) is 2.93. The molecule has 0 fully saturated rings. The van der Waals surface area contributed by atoms with Crippen LogP contribution >= 0.6 is 11.8 Å². The molecule has 0 radical (unpaired) electrons. The summed E-state index contributed by atoms with van der Waals surface area (Å²) >= 11 is 1.36. The van der Waals surface area contributed by atoms with Gasteiger partial charge in [-0.05, 0) is 35.7 Å². The number of thioether (sulfide) groups is 1. The summed E-state index contributed by atoms with van der Waals surface area (Å²) in [5.41, 5.74) is 3.22. The third-order valence-corrected chi connectivity index (χ3v) is 5.68. The molecule has 0 aliphatic carbocycles. The fourth-order valence-corrected chi connectivity index (χ4v) is 3.82. The molecule has 0 saturated heterocycles. The predicted molar refractivity (Wildman–Crippen MR) is 122 cm³/mol. The van der Waals surface area contributed by atoms with Gasteiger partial charge in [0, 0.05) is 23.6 Å². The number of nitro groups is 1. The van der Waals surface area contributed by atoms with Crippen LogP contribution in [0.2, 0.25) is 0 Å². The van der Waals surface area contributed by atoms with Crippen molar-refractivity contribution < 1.29 is 14.5 Å². The molecule has 1 unspecified atom stereocenters. The highest BCUT2D eigenvalue weighted by atomic mass is 32.2. The van der Waals surface area contributed by atoms with Crippen molar-refractivity contribution in [1.29, 1.82) is 0 Å². The van der Waals surface area contributed by atoms with Gasteiger partial charge in [-0.3, -0.25) is 14.9 Å². The van der Waals surface area contributed by atoms with Gasteiger partial charge in [0.05, 0.1) is 23.4 Å².